The number of rotatable bonds is 4. The number of methoxy groups -OCH3 is 1. The van der Waals surface area contributed by atoms with Crippen molar-refractivity contribution in [2.45, 2.75) is 52.1 Å². The summed E-state index contributed by atoms with van der Waals surface area (Å²) in [7, 11) is 1.75. The number of hydrogen-bond donors (Lipinski definition) is 1. The second-order valence-corrected chi connectivity index (χ2v) is 5.75. The van der Waals surface area contributed by atoms with E-state index in [2.05, 4.69) is 44.3 Å². The van der Waals surface area contributed by atoms with Crippen molar-refractivity contribution in [2.75, 3.05) is 7.11 Å². The zero-order valence-electron chi connectivity index (χ0n) is 12.0. The van der Waals surface area contributed by atoms with Gasteiger partial charge in [-0.3, -0.25) is 0 Å². The second kappa shape index (κ2) is 5.75. The maximum absolute atomic E-state index is 5.49. The van der Waals surface area contributed by atoms with Gasteiger partial charge in [-0.15, -0.1) is 0 Å². The molecule has 1 aromatic carbocycles. The third-order valence-electron chi connectivity index (χ3n) is 4.04. The Balaban J connectivity index is 2.06. The van der Waals surface area contributed by atoms with E-state index >= 15 is 0 Å². The van der Waals surface area contributed by atoms with Crippen LogP contribution in [0.15, 0.2) is 18.2 Å². The van der Waals surface area contributed by atoms with Crippen molar-refractivity contribution in [3.05, 3.63) is 29.3 Å². The standard InChI is InChI=1S/C16H25NO/c1-11-5-7-14(9-11)17-13(3)15-8-6-12(2)10-16(15)18-4/h6,8,10-11,13-14,17H,5,7,9H2,1-4H3. The first-order valence-corrected chi connectivity index (χ1v) is 7.00. The lowest BCUT2D eigenvalue weighted by molar-refractivity contribution is 0.391. The molecule has 0 radical (unpaired) electrons. The molecule has 2 heteroatoms. The van der Waals surface area contributed by atoms with Crippen LogP contribution in [-0.2, 0) is 0 Å². The monoisotopic (exact) mass is 247 g/mol. The predicted octanol–water partition coefficient (Wildman–Crippen LogP) is 3.84. The van der Waals surface area contributed by atoms with Gasteiger partial charge >= 0.3 is 0 Å². The van der Waals surface area contributed by atoms with Crippen molar-refractivity contribution in [1.82, 2.24) is 5.32 Å². The van der Waals surface area contributed by atoms with Gasteiger partial charge in [0.05, 0.1) is 7.11 Å². The molecule has 0 saturated heterocycles. The second-order valence-electron chi connectivity index (χ2n) is 5.75. The average Bonchev–Trinajstić information content (AvgIpc) is 2.74. The van der Waals surface area contributed by atoms with Gasteiger partial charge in [0.25, 0.3) is 0 Å². The van der Waals surface area contributed by atoms with Crippen molar-refractivity contribution in [3.63, 3.8) is 0 Å². The minimum absolute atomic E-state index is 0.357. The highest BCUT2D eigenvalue weighted by Crippen LogP contribution is 2.30. The zero-order valence-corrected chi connectivity index (χ0v) is 12.0. The van der Waals surface area contributed by atoms with Crippen molar-refractivity contribution in [3.8, 4) is 5.75 Å². The molecule has 1 fully saturated rings. The van der Waals surface area contributed by atoms with E-state index in [0.717, 1.165) is 11.7 Å². The van der Waals surface area contributed by atoms with E-state index < -0.39 is 0 Å². The summed E-state index contributed by atoms with van der Waals surface area (Å²) < 4.78 is 5.49. The molecule has 1 N–H and O–H groups in total. The zero-order chi connectivity index (χ0) is 13.1. The van der Waals surface area contributed by atoms with Gasteiger partial charge in [0.2, 0.25) is 0 Å². The first-order valence-electron chi connectivity index (χ1n) is 7.00. The first-order chi connectivity index (χ1) is 8.60. The van der Waals surface area contributed by atoms with Crippen LogP contribution >= 0.6 is 0 Å². The van der Waals surface area contributed by atoms with Crippen LogP contribution in [0.1, 0.15) is 50.3 Å². The van der Waals surface area contributed by atoms with E-state index in [-0.39, 0.29) is 0 Å². The molecule has 3 atom stereocenters. The predicted molar refractivity (Wildman–Crippen MR) is 76.1 cm³/mol. The molecule has 0 heterocycles. The fourth-order valence-corrected chi connectivity index (χ4v) is 2.98. The number of aryl methyl sites for hydroxylation is 1. The first kappa shape index (κ1) is 13.4. The summed E-state index contributed by atoms with van der Waals surface area (Å²) in [5.41, 5.74) is 2.51. The maximum Gasteiger partial charge on any atom is 0.123 e. The normalized spacial score (nSPS) is 25.1. The van der Waals surface area contributed by atoms with Gasteiger partial charge in [-0.1, -0.05) is 19.1 Å². The summed E-state index contributed by atoms with van der Waals surface area (Å²) in [6, 6.07) is 7.49. The van der Waals surface area contributed by atoms with Gasteiger partial charge in [0.1, 0.15) is 5.75 Å². The largest absolute Gasteiger partial charge is 0.496 e. The third kappa shape index (κ3) is 3.05. The Hall–Kier alpha value is -1.02. The third-order valence-corrected chi connectivity index (χ3v) is 4.04. The SMILES string of the molecule is COc1cc(C)ccc1C(C)NC1CCC(C)C1. The summed E-state index contributed by atoms with van der Waals surface area (Å²) in [5.74, 6) is 1.87. The van der Waals surface area contributed by atoms with Crippen LogP contribution in [0.3, 0.4) is 0 Å². The van der Waals surface area contributed by atoms with Crippen LogP contribution < -0.4 is 10.1 Å². The lowest BCUT2D eigenvalue weighted by Crippen LogP contribution is -2.29. The Morgan fingerprint density at radius 2 is 2.11 bits per heavy atom. The Morgan fingerprint density at radius 3 is 2.72 bits per heavy atom. The molecule has 2 nitrogen and oxygen atoms in total. The van der Waals surface area contributed by atoms with Gasteiger partial charge in [-0.05, 0) is 50.7 Å². The van der Waals surface area contributed by atoms with E-state index in [1.807, 2.05) is 0 Å². The fourth-order valence-electron chi connectivity index (χ4n) is 2.98. The van der Waals surface area contributed by atoms with E-state index in [4.69, 9.17) is 4.74 Å². The Labute approximate surface area is 111 Å². The smallest absolute Gasteiger partial charge is 0.123 e. The van der Waals surface area contributed by atoms with Gasteiger partial charge in [0, 0.05) is 17.6 Å². The van der Waals surface area contributed by atoms with E-state index in [0.29, 0.717) is 12.1 Å². The lowest BCUT2D eigenvalue weighted by atomic mass is 10.0. The molecular weight excluding hydrogens is 222 g/mol. The van der Waals surface area contributed by atoms with Crippen LogP contribution in [0, 0.1) is 12.8 Å². The molecular formula is C16H25NO. The van der Waals surface area contributed by atoms with Crippen LogP contribution in [-0.4, -0.2) is 13.2 Å². The van der Waals surface area contributed by atoms with E-state index in [9.17, 15) is 0 Å². The lowest BCUT2D eigenvalue weighted by Gasteiger charge is -2.22. The minimum atomic E-state index is 0.357. The molecule has 3 unspecified atom stereocenters. The van der Waals surface area contributed by atoms with Crippen molar-refractivity contribution >= 4 is 0 Å². The van der Waals surface area contributed by atoms with Crippen molar-refractivity contribution in [2.24, 2.45) is 5.92 Å². The Kier molecular flexibility index (Phi) is 4.28. The van der Waals surface area contributed by atoms with Crippen LogP contribution in [0.5, 0.6) is 5.75 Å². The van der Waals surface area contributed by atoms with E-state index in [1.54, 1.807) is 7.11 Å². The molecule has 2 rings (SSSR count). The highest BCUT2D eigenvalue weighted by Gasteiger charge is 2.23. The molecule has 1 aromatic rings. The topological polar surface area (TPSA) is 21.3 Å². The highest BCUT2D eigenvalue weighted by atomic mass is 16.5. The van der Waals surface area contributed by atoms with Crippen LogP contribution in [0.25, 0.3) is 0 Å². The van der Waals surface area contributed by atoms with Gasteiger partial charge in [-0.2, -0.15) is 0 Å². The molecule has 0 bridgehead atoms. The number of hydrogen-bond acceptors (Lipinski definition) is 2. The Morgan fingerprint density at radius 1 is 1.33 bits per heavy atom. The van der Waals surface area contributed by atoms with Crippen LogP contribution in [0.4, 0.5) is 0 Å². The molecule has 1 saturated carbocycles. The van der Waals surface area contributed by atoms with Crippen molar-refractivity contribution in [1.29, 1.82) is 0 Å². The van der Waals surface area contributed by atoms with Crippen molar-refractivity contribution < 1.29 is 4.74 Å². The minimum Gasteiger partial charge on any atom is -0.496 e. The van der Waals surface area contributed by atoms with E-state index in [1.165, 1.54) is 30.4 Å². The molecule has 0 amide bonds. The summed E-state index contributed by atoms with van der Waals surface area (Å²) in [6.07, 6.45) is 3.97. The molecule has 18 heavy (non-hydrogen) atoms. The van der Waals surface area contributed by atoms with Gasteiger partial charge in [-0.25, -0.2) is 0 Å². The molecule has 1 aliphatic rings. The average molecular weight is 247 g/mol. The fraction of sp³-hybridized carbons (Fsp3) is 0.625. The van der Waals surface area contributed by atoms with Crippen LogP contribution in [0.2, 0.25) is 0 Å². The number of ether oxygens (including phenoxy) is 1. The highest BCUT2D eigenvalue weighted by molar-refractivity contribution is 5.39. The molecule has 1 aliphatic carbocycles. The van der Waals surface area contributed by atoms with Gasteiger partial charge < -0.3 is 10.1 Å². The summed E-state index contributed by atoms with van der Waals surface area (Å²) in [5, 5.41) is 3.74. The summed E-state index contributed by atoms with van der Waals surface area (Å²) in [6.45, 7) is 6.68. The number of nitrogens with one attached hydrogen (secondary N) is 1. The molecule has 0 aromatic heterocycles. The molecule has 0 aliphatic heterocycles. The molecule has 100 valence electrons. The summed E-state index contributed by atoms with van der Waals surface area (Å²) in [4.78, 5) is 0. The quantitative estimate of drug-likeness (QED) is 0.872. The maximum atomic E-state index is 5.49. The Bertz CT molecular complexity index is 402. The molecule has 0 spiro atoms. The number of benzene rings is 1. The summed E-state index contributed by atoms with van der Waals surface area (Å²) >= 11 is 0. The van der Waals surface area contributed by atoms with Gasteiger partial charge in [0.15, 0.2) is 0 Å².